The van der Waals surface area contributed by atoms with Crippen molar-refractivity contribution < 1.29 is 9.90 Å². The molecule has 2 rings (SSSR count). The van der Waals surface area contributed by atoms with Crippen LogP contribution < -0.4 is 0 Å². The smallest absolute Gasteiger partial charge is 0.358 e. The Morgan fingerprint density at radius 1 is 1.24 bits per heavy atom. The number of nitrogens with zero attached hydrogens (tertiary/aromatic N) is 5. The minimum absolute atomic E-state index is 0.0704. The van der Waals surface area contributed by atoms with Crippen LogP contribution in [0.2, 0.25) is 0 Å². The van der Waals surface area contributed by atoms with Crippen LogP contribution in [-0.4, -0.2) is 36.0 Å². The van der Waals surface area contributed by atoms with E-state index in [0.29, 0.717) is 17.3 Å². The fraction of sp³-hybridized carbons (Fsp3) is 0.300. The van der Waals surface area contributed by atoms with E-state index in [0.717, 1.165) is 5.69 Å². The second-order valence-corrected chi connectivity index (χ2v) is 3.64. The van der Waals surface area contributed by atoms with E-state index in [1.165, 1.54) is 4.80 Å². The second-order valence-electron chi connectivity index (χ2n) is 3.64. The Hall–Kier alpha value is -2.31. The standard InChI is InChI=1S/C10H11N5O2/c1-5-4-8(12-7(3)11-5)15-13-6(2)9(14-15)10(16)17/h4H,1-3H3,(H,16,17). The van der Waals surface area contributed by atoms with Gasteiger partial charge in [-0.25, -0.2) is 14.8 Å². The molecule has 0 aliphatic rings. The lowest BCUT2D eigenvalue weighted by molar-refractivity contribution is 0.0689. The van der Waals surface area contributed by atoms with Crippen LogP contribution in [0.4, 0.5) is 0 Å². The third-order valence-electron chi connectivity index (χ3n) is 2.14. The van der Waals surface area contributed by atoms with E-state index in [1.807, 2.05) is 6.92 Å². The molecule has 0 aliphatic carbocycles. The van der Waals surface area contributed by atoms with Crippen LogP contribution in [0.3, 0.4) is 0 Å². The maximum Gasteiger partial charge on any atom is 0.358 e. The van der Waals surface area contributed by atoms with Crippen LogP contribution in [-0.2, 0) is 0 Å². The first-order valence-corrected chi connectivity index (χ1v) is 4.97. The van der Waals surface area contributed by atoms with Gasteiger partial charge in [0.05, 0.1) is 5.69 Å². The van der Waals surface area contributed by atoms with Crippen molar-refractivity contribution in [3.63, 3.8) is 0 Å². The first kappa shape index (κ1) is 11.2. The lowest BCUT2D eigenvalue weighted by atomic mass is 10.4. The molecule has 7 nitrogen and oxygen atoms in total. The summed E-state index contributed by atoms with van der Waals surface area (Å²) in [5, 5.41) is 16.8. The second kappa shape index (κ2) is 3.93. The Balaban J connectivity index is 2.53. The maximum atomic E-state index is 10.9. The Morgan fingerprint density at radius 3 is 2.47 bits per heavy atom. The number of aromatic carboxylic acids is 1. The van der Waals surface area contributed by atoms with Gasteiger partial charge in [0.2, 0.25) is 0 Å². The van der Waals surface area contributed by atoms with Gasteiger partial charge in [0.15, 0.2) is 11.5 Å². The van der Waals surface area contributed by atoms with Gasteiger partial charge >= 0.3 is 5.97 Å². The van der Waals surface area contributed by atoms with Crippen LogP contribution in [0.15, 0.2) is 6.07 Å². The minimum Gasteiger partial charge on any atom is -0.476 e. The van der Waals surface area contributed by atoms with Gasteiger partial charge in [-0.3, -0.25) is 0 Å². The summed E-state index contributed by atoms with van der Waals surface area (Å²) in [6.45, 7) is 5.17. The zero-order chi connectivity index (χ0) is 12.6. The van der Waals surface area contributed by atoms with Crippen molar-refractivity contribution in [2.45, 2.75) is 20.8 Å². The quantitative estimate of drug-likeness (QED) is 0.819. The van der Waals surface area contributed by atoms with Gasteiger partial charge in [0.25, 0.3) is 0 Å². The van der Waals surface area contributed by atoms with Crippen LogP contribution >= 0.6 is 0 Å². The molecular formula is C10H11N5O2. The van der Waals surface area contributed by atoms with Gasteiger partial charge in [-0.1, -0.05) is 0 Å². The van der Waals surface area contributed by atoms with Crippen molar-refractivity contribution in [2.24, 2.45) is 0 Å². The Kier molecular flexibility index (Phi) is 2.58. The molecule has 0 saturated heterocycles. The maximum absolute atomic E-state index is 10.9. The predicted octanol–water partition coefficient (Wildman–Crippen LogP) is 0.681. The number of carboxylic acids is 1. The highest BCUT2D eigenvalue weighted by molar-refractivity contribution is 5.86. The van der Waals surface area contributed by atoms with Crippen LogP contribution in [0.1, 0.15) is 27.7 Å². The highest BCUT2D eigenvalue weighted by atomic mass is 16.4. The summed E-state index contributed by atoms with van der Waals surface area (Å²) < 4.78 is 0. The zero-order valence-corrected chi connectivity index (χ0v) is 9.67. The highest BCUT2D eigenvalue weighted by Crippen LogP contribution is 2.07. The van der Waals surface area contributed by atoms with Gasteiger partial charge in [0.1, 0.15) is 5.82 Å². The summed E-state index contributed by atoms with van der Waals surface area (Å²) in [4.78, 5) is 20.3. The molecule has 88 valence electrons. The predicted molar refractivity (Wildman–Crippen MR) is 58.1 cm³/mol. The van der Waals surface area contributed by atoms with E-state index in [1.54, 1.807) is 19.9 Å². The van der Waals surface area contributed by atoms with Crippen molar-refractivity contribution in [3.8, 4) is 5.82 Å². The van der Waals surface area contributed by atoms with E-state index < -0.39 is 5.97 Å². The summed E-state index contributed by atoms with van der Waals surface area (Å²) >= 11 is 0. The molecule has 0 amide bonds. The number of aryl methyl sites for hydroxylation is 3. The molecule has 0 saturated carbocycles. The van der Waals surface area contributed by atoms with Crippen molar-refractivity contribution >= 4 is 5.97 Å². The van der Waals surface area contributed by atoms with Crippen LogP contribution in [0, 0.1) is 20.8 Å². The molecule has 0 spiro atoms. The van der Waals surface area contributed by atoms with E-state index in [2.05, 4.69) is 20.2 Å². The fourth-order valence-electron chi connectivity index (χ4n) is 1.48. The first-order chi connectivity index (χ1) is 7.97. The van der Waals surface area contributed by atoms with E-state index in [4.69, 9.17) is 5.11 Å². The highest BCUT2D eigenvalue weighted by Gasteiger charge is 2.15. The number of carbonyl (C=O) groups is 1. The number of aromatic nitrogens is 5. The molecule has 0 fully saturated rings. The van der Waals surface area contributed by atoms with E-state index >= 15 is 0 Å². The summed E-state index contributed by atoms with van der Waals surface area (Å²) in [6.07, 6.45) is 0. The Morgan fingerprint density at radius 2 is 1.94 bits per heavy atom. The first-order valence-electron chi connectivity index (χ1n) is 4.97. The number of rotatable bonds is 2. The van der Waals surface area contributed by atoms with Gasteiger partial charge < -0.3 is 5.11 Å². The Bertz CT molecular complexity index is 570. The Labute approximate surface area is 97.1 Å². The molecule has 0 atom stereocenters. The molecular weight excluding hydrogens is 222 g/mol. The molecule has 17 heavy (non-hydrogen) atoms. The molecule has 0 radical (unpaired) electrons. The molecule has 1 N–H and O–H groups in total. The fourth-order valence-corrected chi connectivity index (χ4v) is 1.48. The summed E-state index contributed by atoms with van der Waals surface area (Å²) in [5.74, 6) is -0.0475. The lowest BCUT2D eigenvalue weighted by Gasteiger charge is -2.00. The molecule has 2 aromatic heterocycles. The van der Waals surface area contributed by atoms with E-state index in [-0.39, 0.29) is 5.69 Å². The van der Waals surface area contributed by atoms with Crippen LogP contribution in [0.25, 0.3) is 5.82 Å². The topological polar surface area (TPSA) is 93.8 Å². The van der Waals surface area contributed by atoms with Gasteiger partial charge in [-0.05, 0) is 20.8 Å². The molecule has 7 heteroatoms. The zero-order valence-electron chi connectivity index (χ0n) is 9.67. The lowest BCUT2D eigenvalue weighted by Crippen LogP contribution is -2.06. The molecule has 0 unspecified atom stereocenters. The average molecular weight is 233 g/mol. The number of hydrogen-bond acceptors (Lipinski definition) is 5. The monoisotopic (exact) mass is 233 g/mol. The van der Waals surface area contributed by atoms with Crippen molar-refractivity contribution in [2.75, 3.05) is 0 Å². The van der Waals surface area contributed by atoms with Crippen LogP contribution in [0.5, 0.6) is 0 Å². The normalized spacial score (nSPS) is 10.5. The molecule has 0 bridgehead atoms. The molecule has 0 aliphatic heterocycles. The van der Waals surface area contributed by atoms with Gasteiger partial charge in [-0.2, -0.15) is 5.10 Å². The number of carboxylic acid groups (broad SMARTS) is 1. The third kappa shape index (κ3) is 2.12. The van der Waals surface area contributed by atoms with Crippen molar-refractivity contribution in [1.82, 2.24) is 25.0 Å². The van der Waals surface area contributed by atoms with E-state index in [9.17, 15) is 4.79 Å². The van der Waals surface area contributed by atoms with Crippen molar-refractivity contribution in [1.29, 1.82) is 0 Å². The van der Waals surface area contributed by atoms with Crippen molar-refractivity contribution in [3.05, 3.63) is 29.0 Å². The molecule has 0 aromatic carbocycles. The molecule has 2 heterocycles. The van der Waals surface area contributed by atoms with Gasteiger partial charge in [-0.15, -0.1) is 9.90 Å². The molecule has 2 aromatic rings. The SMILES string of the molecule is Cc1cc(-n2nc(C)c(C(=O)O)n2)nc(C)n1. The summed E-state index contributed by atoms with van der Waals surface area (Å²) in [6, 6.07) is 1.69. The largest absolute Gasteiger partial charge is 0.476 e. The minimum atomic E-state index is -1.10. The summed E-state index contributed by atoms with van der Waals surface area (Å²) in [5.41, 5.74) is 1.06. The van der Waals surface area contributed by atoms with Gasteiger partial charge in [0, 0.05) is 11.8 Å². The summed E-state index contributed by atoms with van der Waals surface area (Å²) in [7, 11) is 0. The average Bonchev–Trinajstić information content (AvgIpc) is 2.59. The third-order valence-corrected chi connectivity index (χ3v) is 2.14. The number of hydrogen-bond donors (Lipinski definition) is 1.